The molecule has 0 saturated carbocycles. The Bertz CT molecular complexity index is 1020. The monoisotopic (exact) mass is 405 g/mol. The second kappa shape index (κ2) is 9.39. The van der Waals surface area contributed by atoms with Crippen molar-refractivity contribution in [3.05, 3.63) is 77.1 Å². The molecule has 1 N–H and O–H groups in total. The molecule has 6 heteroatoms. The molecule has 0 aliphatic carbocycles. The molecule has 1 atom stereocenters. The number of ether oxygens (including phenoxy) is 1. The predicted molar refractivity (Wildman–Crippen MR) is 116 cm³/mol. The molecule has 0 aliphatic rings. The van der Waals surface area contributed by atoms with Crippen LogP contribution in [0.2, 0.25) is 0 Å². The summed E-state index contributed by atoms with van der Waals surface area (Å²) in [6, 6.07) is 17.3. The normalized spacial score (nSPS) is 11.7. The smallest absolute Gasteiger partial charge is 0.292 e. The van der Waals surface area contributed by atoms with Crippen molar-refractivity contribution in [3.63, 3.8) is 0 Å². The van der Waals surface area contributed by atoms with E-state index in [9.17, 15) is 9.59 Å². The zero-order valence-electron chi connectivity index (χ0n) is 17.8. The van der Waals surface area contributed by atoms with Crippen LogP contribution in [-0.4, -0.2) is 34.6 Å². The molecule has 156 valence electrons. The van der Waals surface area contributed by atoms with Crippen molar-refractivity contribution in [2.75, 3.05) is 7.11 Å². The number of carbonyl (C=O) groups excluding carboxylic acids is 2. The molecule has 1 aromatic heterocycles. The van der Waals surface area contributed by atoms with Crippen LogP contribution in [0.3, 0.4) is 0 Å². The third-order valence-corrected chi connectivity index (χ3v) is 5.13. The molecule has 1 heterocycles. The zero-order valence-corrected chi connectivity index (χ0v) is 17.8. The summed E-state index contributed by atoms with van der Waals surface area (Å²) in [6.45, 7) is 5.46. The Kier molecular flexibility index (Phi) is 6.67. The van der Waals surface area contributed by atoms with Gasteiger partial charge in [0.05, 0.1) is 29.7 Å². The summed E-state index contributed by atoms with van der Waals surface area (Å²) < 4.78 is 6.86. The third-order valence-electron chi connectivity index (χ3n) is 5.13. The van der Waals surface area contributed by atoms with Crippen molar-refractivity contribution in [3.8, 4) is 11.4 Å². The number of benzene rings is 2. The van der Waals surface area contributed by atoms with Crippen LogP contribution < -0.4 is 10.1 Å². The van der Waals surface area contributed by atoms with Crippen molar-refractivity contribution in [1.29, 1.82) is 0 Å². The predicted octanol–water partition coefficient (Wildman–Crippen LogP) is 3.82. The van der Waals surface area contributed by atoms with Crippen LogP contribution >= 0.6 is 0 Å². The van der Waals surface area contributed by atoms with Gasteiger partial charge in [0.1, 0.15) is 5.75 Å². The molecule has 0 bridgehead atoms. The van der Waals surface area contributed by atoms with Crippen LogP contribution in [0.25, 0.3) is 5.69 Å². The Hall–Kier alpha value is -3.41. The van der Waals surface area contributed by atoms with E-state index in [2.05, 4.69) is 10.4 Å². The zero-order chi connectivity index (χ0) is 21.7. The molecule has 6 nitrogen and oxygen atoms in total. The van der Waals surface area contributed by atoms with Gasteiger partial charge in [-0.05, 0) is 63.4 Å². The molecule has 1 amide bonds. The average molecular weight is 405 g/mol. The molecule has 1 unspecified atom stereocenters. The molecular formula is C24H27N3O3. The number of aromatic nitrogens is 2. The van der Waals surface area contributed by atoms with Crippen LogP contribution in [0, 0.1) is 13.8 Å². The number of nitrogens with one attached hydrogen (secondary N) is 1. The molecule has 30 heavy (non-hydrogen) atoms. The molecule has 0 radical (unpaired) electrons. The van der Waals surface area contributed by atoms with Gasteiger partial charge in [-0.2, -0.15) is 5.10 Å². The first-order valence-corrected chi connectivity index (χ1v) is 10.0. The van der Waals surface area contributed by atoms with E-state index in [4.69, 9.17) is 4.74 Å². The minimum atomic E-state index is -0.601. The maximum atomic E-state index is 12.8. The fourth-order valence-electron chi connectivity index (χ4n) is 3.44. The largest absolute Gasteiger partial charge is 0.497 e. The van der Waals surface area contributed by atoms with E-state index in [1.807, 2.05) is 61.5 Å². The molecule has 0 spiro atoms. The summed E-state index contributed by atoms with van der Waals surface area (Å²) in [5.41, 5.74) is 3.57. The van der Waals surface area contributed by atoms with E-state index in [1.165, 1.54) is 0 Å². The Balaban J connectivity index is 1.64. The van der Waals surface area contributed by atoms with Gasteiger partial charge >= 0.3 is 0 Å². The van der Waals surface area contributed by atoms with Gasteiger partial charge in [0.25, 0.3) is 11.7 Å². The maximum Gasteiger partial charge on any atom is 0.292 e. The number of para-hydroxylation sites is 1. The number of ketones is 1. The summed E-state index contributed by atoms with van der Waals surface area (Å²) in [7, 11) is 1.64. The average Bonchev–Trinajstić information content (AvgIpc) is 3.06. The first kappa shape index (κ1) is 21.3. The second-order valence-corrected chi connectivity index (χ2v) is 7.38. The van der Waals surface area contributed by atoms with E-state index in [-0.39, 0.29) is 6.04 Å². The lowest BCUT2D eigenvalue weighted by Crippen LogP contribution is -2.38. The van der Waals surface area contributed by atoms with Gasteiger partial charge in [-0.25, -0.2) is 4.68 Å². The van der Waals surface area contributed by atoms with Crippen molar-refractivity contribution in [2.24, 2.45) is 0 Å². The number of methoxy groups -OCH3 is 1. The summed E-state index contributed by atoms with van der Waals surface area (Å²) in [5.74, 6) is -0.341. The number of amides is 1. The van der Waals surface area contributed by atoms with Crippen LogP contribution in [0.1, 0.15) is 40.7 Å². The lowest BCUT2D eigenvalue weighted by molar-refractivity contribution is -0.117. The third kappa shape index (κ3) is 4.76. The highest BCUT2D eigenvalue weighted by molar-refractivity contribution is 6.43. The minimum absolute atomic E-state index is 0.131. The molecule has 0 fully saturated rings. The number of nitrogens with zero attached hydrogens (tertiary/aromatic N) is 2. The first-order valence-electron chi connectivity index (χ1n) is 10.0. The lowest BCUT2D eigenvalue weighted by Gasteiger charge is -2.13. The fourth-order valence-corrected chi connectivity index (χ4v) is 3.44. The van der Waals surface area contributed by atoms with Gasteiger partial charge in [0, 0.05) is 6.04 Å². The van der Waals surface area contributed by atoms with E-state index in [0.29, 0.717) is 17.0 Å². The van der Waals surface area contributed by atoms with Crippen molar-refractivity contribution in [2.45, 2.75) is 39.7 Å². The summed E-state index contributed by atoms with van der Waals surface area (Å²) >= 11 is 0. The number of hydrogen-bond donors (Lipinski definition) is 1. The Morgan fingerprint density at radius 1 is 1.07 bits per heavy atom. The SMILES string of the molecule is COc1ccc(CCC(C)NC(=O)C(=O)c2c(C)nn(-c3ccccc3)c2C)cc1. The number of aryl methyl sites for hydroxylation is 2. The highest BCUT2D eigenvalue weighted by Crippen LogP contribution is 2.19. The summed E-state index contributed by atoms with van der Waals surface area (Å²) in [4.78, 5) is 25.4. The molecular weight excluding hydrogens is 378 g/mol. The summed E-state index contributed by atoms with van der Waals surface area (Å²) in [6.07, 6.45) is 1.52. The summed E-state index contributed by atoms with van der Waals surface area (Å²) in [5, 5.41) is 7.28. The number of Topliss-reactive ketones (excluding diaryl/α,β-unsaturated/α-hetero) is 1. The van der Waals surface area contributed by atoms with Gasteiger partial charge < -0.3 is 10.1 Å². The van der Waals surface area contributed by atoms with Crippen molar-refractivity contribution >= 4 is 11.7 Å². The van der Waals surface area contributed by atoms with Crippen LogP contribution in [-0.2, 0) is 11.2 Å². The molecule has 0 aliphatic heterocycles. The van der Waals surface area contributed by atoms with Crippen molar-refractivity contribution < 1.29 is 14.3 Å². The van der Waals surface area contributed by atoms with Gasteiger partial charge in [-0.15, -0.1) is 0 Å². The number of rotatable bonds is 8. The molecule has 3 aromatic rings. The molecule has 2 aromatic carbocycles. The Morgan fingerprint density at radius 2 is 1.73 bits per heavy atom. The first-order chi connectivity index (χ1) is 14.4. The minimum Gasteiger partial charge on any atom is -0.497 e. The lowest BCUT2D eigenvalue weighted by atomic mass is 10.0. The van der Waals surface area contributed by atoms with E-state index in [1.54, 1.807) is 25.6 Å². The van der Waals surface area contributed by atoms with Crippen molar-refractivity contribution in [1.82, 2.24) is 15.1 Å². The van der Waals surface area contributed by atoms with Crippen LogP contribution in [0.5, 0.6) is 5.75 Å². The molecule has 3 rings (SSSR count). The Labute approximate surface area is 176 Å². The van der Waals surface area contributed by atoms with Gasteiger partial charge in [0.15, 0.2) is 0 Å². The maximum absolute atomic E-state index is 12.8. The Morgan fingerprint density at radius 3 is 2.37 bits per heavy atom. The van der Waals surface area contributed by atoms with Crippen LogP contribution in [0.4, 0.5) is 0 Å². The van der Waals surface area contributed by atoms with E-state index >= 15 is 0 Å². The van der Waals surface area contributed by atoms with E-state index < -0.39 is 11.7 Å². The van der Waals surface area contributed by atoms with E-state index in [0.717, 1.165) is 29.8 Å². The highest BCUT2D eigenvalue weighted by atomic mass is 16.5. The standard InChI is InChI=1S/C24H27N3O3/c1-16(10-11-19-12-14-21(30-4)15-13-19)25-24(29)23(28)22-17(2)26-27(18(22)3)20-8-6-5-7-9-20/h5-9,12-16H,10-11H2,1-4H3,(H,25,29). The highest BCUT2D eigenvalue weighted by Gasteiger charge is 2.25. The quantitative estimate of drug-likeness (QED) is 0.457. The van der Waals surface area contributed by atoms with Crippen LogP contribution in [0.15, 0.2) is 54.6 Å². The fraction of sp³-hybridized carbons (Fsp3) is 0.292. The molecule has 0 saturated heterocycles. The number of hydrogen-bond acceptors (Lipinski definition) is 4. The van der Waals surface area contributed by atoms with Gasteiger partial charge in [0.2, 0.25) is 0 Å². The van der Waals surface area contributed by atoms with Gasteiger partial charge in [-0.1, -0.05) is 30.3 Å². The van der Waals surface area contributed by atoms with Gasteiger partial charge in [-0.3, -0.25) is 9.59 Å². The second-order valence-electron chi connectivity index (χ2n) is 7.38. The number of carbonyl (C=O) groups is 2. The topological polar surface area (TPSA) is 73.2 Å².